The molecule has 0 spiro atoms. The first-order chi connectivity index (χ1) is 18.3. The van der Waals surface area contributed by atoms with Crippen molar-refractivity contribution in [3.05, 3.63) is 60.3 Å². The second kappa shape index (κ2) is 9.65. The lowest BCUT2D eigenvalue weighted by Crippen LogP contribution is -2.38. The minimum Gasteiger partial charge on any atom is -0.454 e. The molecular formula is C25H21F3N4O6. The van der Waals surface area contributed by atoms with Crippen LogP contribution in [0.3, 0.4) is 0 Å². The Morgan fingerprint density at radius 2 is 1.84 bits per heavy atom. The van der Waals surface area contributed by atoms with Crippen molar-refractivity contribution >= 4 is 17.7 Å². The highest BCUT2D eigenvalue weighted by Crippen LogP contribution is 2.36. The van der Waals surface area contributed by atoms with Crippen molar-refractivity contribution in [2.45, 2.75) is 30.5 Å². The van der Waals surface area contributed by atoms with Crippen LogP contribution in [0.15, 0.2) is 54.7 Å². The van der Waals surface area contributed by atoms with E-state index >= 15 is 0 Å². The number of amides is 1. The van der Waals surface area contributed by atoms with Gasteiger partial charge in [0, 0.05) is 17.4 Å². The number of hydrogen-bond acceptors (Lipinski definition) is 9. The topological polar surface area (TPSA) is 113 Å². The van der Waals surface area contributed by atoms with Gasteiger partial charge < -0.3 is 29.0 Å². The van der Waals surface area contributed by atoms with Crippen LogP contribution in [0.1, 0.15) is 5.56 Å². The van der Waals surface area contributed by atoms with Gasteiger partial charge in [0.1, 0.15) is 12.2 Å². The molecule has 13 heteroatoms. The Labute approximate surface area is 214 Å². The summed E-state index contributed by atoms with van der Waals surface area (Å²) in [5, 5.41) is 5.54. The normalized spacial score (nSPS) is 23.7. The Morgan fingerprint density at radius 1 is 1.00 bits per heavy atom. The molecule has 1 amide bonds. The number of carbonyl (C=O) groups is 1. The minimum atomic E-state index is -4.53. The third kappa shape index (κ3) is 4.89. The molecule has 0 bridgehead atoms. The summed E-state index contributed by atoms with van der Waals surface area (Å²) in [6, 6.07) is 11.3. The van der Waals surface area contributed by atoms with Crippen molar-refractivity contribution in [1.82, 2.24) is 9.97 Å². The summed E-state index contributed by atoms with van der Waals surface area (Å²) < 4.78 is 66.6. The predicted octanol–water partition coefficient (Wildman–Crippen LogP) is 4.09. The average Bonchev–Trinajstić information content (AvgIpc) is 3.62. The third-order valence-corrected chi connectivity index (χ3v) is 6.34. The van der Waals surface area contributed by atoms with Crippen LogP contribution in [0.5, 0.6) is 11.5 Å². The van der Waals surface area contributed by atoms with Crippen molar-refractivity contribution in [2.24, 2.45) is 0 Å². The Morgan fingerprint density at radius 3 is 2.71 bits per heavy atom. The van der Waals surface area contributed by atoms with Crippen molar-refractivity contribution in [3.63, 3.8) is 0 Å². The fraction of sp³-hybridized carbons (Fsp3) is 0.320. The van der Waals surface area contributed by atoms with Gasteiger partial charge in [-0.2, -0.15) is 13.2 Å². The summed E-state index contributed by atoms with van der Waals surface area (Å²) in [4.78, 5) is 21.2. The summed E-state index contributed by atoms with van der Waals surface area (Å²) in [6.45, 7) is 0.501. The highest BCUT2D eigenvalue weighted by Gasteiger charge is 2.49. The van der Waals surface area contributed by atoms with Gasteiger partial charge >= 0.3 is 12.3 Å². The van der Waals surface area contributed by atoms with Crippen LogP contribution in [0.2, 0.25) is 0 Å². The Kier molecular flexibility index (Phi) is 6.16. The molecule has 198 valence electrons. The predicted molar refractivity (Wildman–Crippen MR) is 126 cm³/mol. The van der Waals surface area contributed by atoms with Crippen molar-refractivity contribution in [1.29, 1.82) is 0 Å². The van der Waals surface area contributed by atoms with E-state index in [4.69, 9.17) is 23.7 Å². The molecule has 0 saturated carbocycles. The molecule has 2 aromatic carbocycles. The number of benzene rings is 2. The van der Waals surface area contributed by atoms with Gasteiger partial charge in [-0.1, -0.05) is 6.07 Å². The van der Waals surface area contributed by atoms with Crippen molar-refractivity contribution in [3.8, 4) is 22.8 Å². The van der Waals surface area contributed by atoms with E-state index in [1.807, 2.05) is 18.2 Å². The van der Waals surface area contributed by atoms with Gasteiger partial charge in [0.05, 0.1) is 30.5 Å². The largest absolute Gasteiger partial charge is 0.454 e. The van der Waals surface area contributed by atoms with E-state index in [2.05, 4.69) is 20.6 Å². The van der Waals surface area contributed by atoms with Gasteiger partial charge in [0.2, 0.25) is 12.7 Å². The first kappa shape index (κ1) is 24.2. The molecule has 4 heterocycles. The van der Waals surface area contributed by atoms with Gasteiger partial charge in [-0.05, 0) is 42.5 Å². The number of carbonyl (C=O) groups excluding carboxylic acids is 1. The highest BCUT2D eigenvalue weighted by atomic mass is 19.4. The molecule has 0 aliphatic carbocycles. The second-order valence-electron chi connectivity index (χ2n) is 8.83. The smallest absolute Gasteiger partial charge is 0.416 e. The molecule has 4 atom stereocenters. The number of nitrogens with zero attached hydrogens (tertiary/aromatic N) is 2. The Hall–Kier alpha value is -4.10. The maximum Gasteiger partial charge on any atom is 0.416 e. The molecule has 6 rings (SSSR count). The van der Waals surface area contributed by atoms with Gasteiger partial charge in [0.25, 0.3) is 0 Å². The lowest BCUT2D eigenvalue weighted by molar-refractivity contribution is -0.137. The molecule has 0 radical (unpaired) electrons. The molecule has 3 aromatic rings. The summed E-state index contributed by atoms with van der Waals surface area (Å²) in [5.74, 6) is 1.68. The average molecular weight is 530 g/mol. The molecule has 38 heavy (non-hydrogen) atoms. The molecule has 2 saturated heterocycles. The van der Waals surface area contributed by atoms with Gasteiger partial charge in [-0.25, -0.2) is 14.8 Å². The monoisotopic (exact) mass is 530 g/mol. The van der Waals surface area contributed by atoms with Crippen LogP contribution < -0.4 is 20.1 Å². The number of anilines is 2. The van der Waals surface area contributed by atoms with Crippen LogP contribution in [0.4, 0.5) is 29.6 Å². The molecule has 3 aliphatic rings. The zero-order valence-corrected chi connectivity index (χ0v) is 19.6. The lowest BCUT2D eigenvalue weighted by atomic mass is 10.1. The van der Waals surface area contributed by atoms with E-state index in [1.165, 1.54) is 12.1 Å². The maximum absolute atomic E-state index is 12.9. The molecular weight excluding hydrogens is 509 g/mol. The van der Waals surface area contributed by atoms with Crippen LogP contribution >= 0.6 is 0 Å². The Balaban J connectivity index is 1.07. The van der Waals surface area contributed by atoms with E-state index < -0.39 is 36.1 Å². The van der Waals surface area contributed by atoms with E-state index in [1.54, 1.807) is 12.3 Å². The molecule has 2 N–H and O–H groups in total. The zero-order chi connectivity index (χ0) is 26.3. The van der Waals surface area contributed by atoms with Crippen molar-refractivity contribution in [2.75, 3.05) is 30.6 Å². The van der Waals surface area contributed by atoms with E-state index in [-0.39, 0.29) is 31.7 Å². The third-order valence-electron chi connectivity index (χ3n) is 6.34. The summed E-state index contributed by atoms with van der Waals surface area (Å²) in [5.41, 5.74) is 0.595. The van der Waals surface area contributed by atoms with Gasteiger partial charge in [-0.3, -0.25) is 5.32 Å². The summed E-state index contributed by atoms with van der Waals surface area (Å²) in [6.07, 6.45) is -5.54. The molecule has 2 fully saturated rings. The number of ether oxygens (including phenoxy) is 5. The number of hydrogen-bond donors (Lipinski definition) is 2. The van der Waals surface area contributed by atoms with E-state index in [0.29, 0.717) is 23.1 Å². The van der Waals surface area contributed by atoms with Gasteiger partial charge in [0.15, 0.2) is 17.6 Å². The number of halogens is 3. The molecule has 1 aromatic heterocycles. The minimum absolute atomic E-state index is 0.0355. The summed E-state index contributed by atoms with van der Waals surface area (Å²) >= 11 is 0. The lowest BCUT2D eigenvalue weighted by Gasteiger charge is -2.18. The molecule has 3 aliphatic heterocycles. The van der Waals surface area contributed by atoms with Crippen LogP contribution in [-0.4, -0.2) is 60.4 Å². The maximum atomic E-state index is 12.9. The number of rotatable bonds is 5. The quantitative estimate of drug-likeness (QED) is 0.504. The van der Waals surface area contributed by atoms with E-state index in [0.717, 1.165) is 17.7 Å². The zero-order valence-electron chi connectivity index (χ0n) is 19.6. The first-order valence-electron chi connectivity index (χ1n) is 11.7. The fourth-order valence-corrected chi connectivity index (χ4v) is 4.56. The molecule has 10 nitrogen and oxygen atoms in total. The number of alkyl halides is 3. The fourth-order valence-electron chi connectivity index (χ4n) is 4.56. The van der Waals surface area contributed by atoms with Crippen LogP contribution in [0, 0.1) is 0 Å². The van der Waals surface area contributed by atoms with Crippen molar-refractivity contribution < 1.29 is 41.7 Å². The van der Waals surface area contributed by atoms with E-state index in [9.17, 15) is 18.0 Å². The highest BCUT2D eigenvalue weighted by molar-refractivity contribution is 5.84. The standard InChI is InChI=1S/C25H21F3N4O6/c26-25(27,28)14-2-1-3-15(9-14)30-24(33)38-20-11-35-21-17(10-34-22(20)21)32-23-29-7-6-16(31-23)13-4-5-18-19(8-13)37-12-36-18/h1-9,17,20-22H,10-12H2,(H,30,33)(H,29,31,32)/t17-,20+,21+,22+/m0/s1. The summed E-state index contributed by atoms with van der Waals surface area (Å²) in [7, 11) is 0. The Bertz CT molecular complexity index is 1360. The number of aromatic nitrogens is 2. The van der Waals surface area contributed by atoms with Gasteiger partial charge in [-0.15, -0.1) is 0 Å². The molecule has 0 unspecified atom stereocenters. The first-order valence-corrected chi connectivity index (χ1v) is 11.7. The number of fused-ring (bicyclic) bond motifs is 2. The van der Waals surface area contributed by atoms with Crippen LogP contribution in [0.25, 0.3) is 11.3 Å². The number of nitrogens with one attached hydrogen (secondary N) is 2. The SMILES string of the molecule is O=C(Nc1cccc(C(F)(F)F)c1)O[C@@H]1CO[C@H]2[C@@H]1OC[C@@H]2Nc1nccc(-c2ccc3c(c2)OCO3)n1. The second-order valence-corrected chi connectivity index (χ2v) is 8.83. The van der Waals surface area contributed by atoms with Crippen LogP contribution in [-0.2, 0) is 20.4 Å².